The van der Waals surface area contributed by atoms with E-state index in [1.807, 2.05) is 55.5 Å². The Labute approximate surface area is 139 Å². The van der Waals surface area contributed by atoms with Crippen molar-refractivity contribution in [3.05, 3.63) is 54.1 Å². The van der Waals surface area contributed by atoms with E-state index in [9.17, 15) is 4.79 Å². The van der Waals surface area contributed by atoms with Crippen molar-refractivity contribution >= 4 is 32.6 Å². The highest BCUT2D eigenvalue weighted by Crippen LogP contribution is 2.25. The fraction of sp³-hybridized carbons (Fsp3) is 0.222. The maximum absolute atomic E-state index is 12.0. The zero-order chi connectivity index (χ0) is 16.1. The van der Waals surface area contributed by atoms with Crippen LogP contribution in [0.1, 0.15) is 18.4 Å². The zero-order valence-electron chi connectivity index (χ0n) is 12.9. The van der Waals surface area contributed by atoms with E-state index in [2.05, 4.69) is 10.3 Å². The molecule has 0 aliphatic heterocycles. The molecule has 23 heavy (non-hydrogen) atoms. The van der Waals surface area contributed by atoms with E-state index in [1.165, 1.54) is 11.3 Å². The number of rotatable bonds is 6. The second-order valence-corrected chi connectivity index (χ2v) is 6.28. The fourth-order valence-corrected chi connectivity index (χ4v) is 3.12. The predicted octanol–water partition coefficient (Wildman–Crippen LogP) is 4.40. The highest BCUT2D eigenvalue weighted by atomic mass is 32.1. The summed E-state index contributed by atoms with van der Waals surface area (Å²) in [6.07, 6.45) is 1.09. The molecule has 0 unspecified atom stereocenters. The van der Waals surface area contributed by atoms with Crippen LogP contribution in [0.5, 0.6) is 5.75 Å². The molecule has 0 radical (unpaired) electrons. The van der Waals surface area contributed by atoms with Crippen LogP contribution in [-0.2, 0) is 4.79 Å². The van der Waals surface area contributed by atoms with Crippen molar-refractivity contribution in [2.75, 3.05) is 11.9 Å². The van der Waals surface area contributed by atoms with Crippen molar-refractivity contribution in [1.82, 2.24) is 4.98 Å². The molecule has 1 heterocycles. The molecule has 1 amide bonds. The molecular formula is C18H18N2O2S. The third-order valence-electron chi connectivity index (χ3n) is 3.44. The first-order valence-electron chi connectivity index (χ1n) is 7.56. The number of anilines is 1. The van der Waals surface area contributed by atoms with Gasteiger partial charge in [0.05, 0.1) is 16.8 Å². The number of nitrogens with zero attached hydrogens (tertiary/aromatic N) is 1. The SMILES string of the molecule is Cc1ccccc1OCCCC(=O)Nc1nc2ccccc2s1. The van der Waals surface area contributed by atoms with Crippen molar-refractivity contribution in [2.45, 2.75) is 19.8 Å². The molecule has 0 aliphatic carbocycles. The minimum Gasteiger partial charge on any atom is -0.493 e. The highest BCUT2D eigenvalue weighted by Gasteiger charge is 2.07. The highest BCUT2D eigenvalue weighted by molar-refractivity contribution is 7.22. The molecule has 4 nitrogen and oxygen atoms in total. The second kappa shape index (κ2) is 7.24. The summed E-state index contributed by atoms with van der Waals surface area (Å²) in [5.41, 5.74) is 2.02. The van der Waals surface area contributed by atoms with Gasteiger partial charge in [0, 0.05) is 6.42 Å². The van der Waals surface area contributed by atoms with E-state index < -0.39 is 0 Å². The summed E-state index contributed by atoms with van der Waals surface area (Å²) in [5, 5.41) is 3.50. The molecule has 0 fully saturated rings. The lowest BCUT2D eigenvalue weighted by Crippen LogP contribution is -2.12. The van der Waals surface area contributed by atoms with E-state index >= 15 is 0 Å². The molecule has 0 atom stereocenters. The van der Waals surface area contributed by atoms with Gasteiger partial charge < -0.3 is 10.1 Å². The van der Waals surface area contributed by atoms with Crippen molar-refractivity contribution in [3.8, 4) is 5.75 Å². The summed E-state index contributed by atoms with van der Waals surface area (Å²) < 4.78 is 6.77. The summed E-state index contributed by atoms with van der Waals surface area (Å²) in [4.78, 5) is 16.4. The molecule has 1 N–H and O–H groups in total. The number of benzene rings is 2. The van der Waals surface area contributed by atoms with Gasteiger partial charge in [0.2, 0.25) is 5.91 Å². The third kappa shape index (κ3) is 4.07. The van der Waals surface area contributed by atoms with Gasteiger partial charge in [-0.25, -0.2) is 4.98 Å². The number of hydrogen-bond donors (Lipinski definition) is 1. The Bertz CT molecular complexity index is 780. The van der Waals surface area contributed by atoms with E-state index in [1.54, 1.807) is 0 Å². The normalized spacial score (nSPS) is 10.7. The lowest BCUT2D eigenvalue weighted by Gasteiger charge is -2.08. The smallest absolute Gasteiger partial charge is 0.226 e. The van der Waals surface area contributed by atoms with Crippen molar-refractivity contribution < 1.29 is 9.53 Å². The molecule has 1 aromatic heterocycles. The van der Waals surface area contributed by atoms with Gasteiger partial charge in [-0.1, -0.05) is 41.7 Å². The number of nitrogens with one attached hydrogen (secondary N) is 1. The zero-order valence-corrected chi connectivity index (χ0v) is 13.7. The molecule has 0 saturated carbocycles. The van der Waals surface area contributed by atoms with Crippen molar-refractivity contribution in [2.24, 2.45) is 0 Å². The minimum atomic E-state index is -0.0301. The van der Waals surface area contributed by atoms with Gasteiger partial charge in [-0.05, 0) is 37.1 Å². The van der Waals surface area contributed by atoms with Crippen LogP contribution in [0.25, 0.3) is 10.2 Å². The number of aromatic nitrogens is 1. The molecule has 0 spiro atoms. The second-order valence-electron chi connectivity index (χ2n) is 5.25. The Kier molecular flexibility index (Phi) is 4.88. The minimum absolute atomic E-state index is 0.0301. The predicted molar refractivity (Wildman–Crippen MR) is 94.2 cm³/mol. The van der Waals surface area contributed by atoms with E-state index in [-0.39, 0.29) is 5.91 Å². The van der Waals surface area contributed by atoms with Crippen LogP contribution < -0.4 is 10.1 Å². The van der Waals surface area contributed by atoms with Crippen LogP contribution in [0.2, 0.25) is 0 Å². The van der Waals surface area contributed by atoms with Gasteiger partial charge in [-0.2, -0.15) is 0 Å². The van der Waals surface area contributed by atoms with Crippen LogP contribution in [0.15, 0.2) is 48.5 Å². The first-order chi connectivity index (χ1) is 11.2. The number of aryl methyl sites for hydroxylation is 1. The lowest BCUT2D eigenvalue weighted by molar-refractivity contribution is -0.116. The quantitative estimate of drug-likeness (QED) is 0.683. The lowest BCUT2D eigenvalue weighted by atomic mass is 10.2. The Hall–Kier alpha value is -2.40. The van der Waals surface area contributed by atoms with E-state index in [4.69, 9.17) is 4.74 Å². The number of amides is 1. The average Bonchev–Trinajstić information content (AvgIpc) is 2.95. The summed E-state index contributed by atoms with van der Waals surface area (Å²) >= 11 is 1.49. The molecule has 0 aliphatic rings. The van der Waals surface area contributed by atoms with Crippen molar-refractivity contribution in [1.29, 1.82) is 0 Å². The molecule has 3 rings (SSSR count). The van der Waals surface area contributed by atoms with E-state index in [0.717, 1.165) is 21.5 Å². The van der Waals surface area contributed by atoms with Gasteiger partial charge in [-0.3, -0.25) is 4.79 Å². The number of para-hydroxylation sites is 2. The number of hydrogen-bond acceptors (Lipinski definition) is 4. The number of carbonyl (C=O) groups excluding carboxylic acids is 1. The Morgan fingerprint density at radius 3 is 2.78 bits per heavy atom. The maximum Gasteiger partial charge on any atom is 0.226 e. The molecule has 0 bridgehead atoms. The standard InChI is InChI=1S/C18H18N2O2S/c1-13-7-2-4-9-15(13)22-12-6-11-17(21)20-18-19-14-8-3-5-10-16(14)23-18/h2-5,7-10H,6,11-12H2,1H3,(H,19,20,21). The number of ether oxygens (including phenoxy) is 1. The monoisotopic (exact) mass is 326 g/mol. The topological polar surface area (TPSA) is 51.2 Å². The first kappa shape index (κ1) is 15.5. The van der Waals surface area contributed by atoms with Crippen LogP contribution in [-0.4, -0.2) is 17.5 Å². The van der Waals surface area contributed by atoms with Gasteiger partial charge in [-0.15, -0.1) is 0 Å². The summed E-state index contributed by atoms with van der Waals surface area (Å²) in [6.45, 7) is 2.54. The molecule has 0 saturated heterocycles. The van der Waals surface area contributed by atoms with Crippen LogP contribution in [0.4, 0.5) is 5.13 Å². The van der Waals surface area contributed by atoms with Crippen molar-refractivity contribution in [3.63, 3.8) is 0 Å². The third-order valence-corrected chi connectivity index (χ3v) is 4.39. The maximum atomic E-state index is 12.0. The number of fused-ring (bicyclic) bond motifs is 1. The molecule has 118 valence electrons. The Balaban J connectivity index is 1.45. The summed E-state index contributed by atoms with van der Waals surface area (Å²) in [5.74, 6) is 0.844. The average molecular weight is 326 g/mol. The first-order valence-corrected chi connectivity index (χ1v) is 8.38. The van der Waals surface area contributed by atoms with Gasteiger partial charge >= 0.3 is 0 Å². The fourth-order valence-electron chi connectivity index (χ4n) is 2.24. The van der Waals surface area contributed by atoms with Gasteiger partial charge in [0.25, 0.3) is 0 Å². The number of carbonyl (C=O) groups is 1. The Morgan fingerprint density at radius 2 is 1.96 bits per heavy atom. The largest absolute Gasteiger partial charge is 0.493 e. The van der Waals surface area contributed by atoms with Gasteiger partial charge in [0.1, 0.15) is 5.75 Å². The van der Waals surface area contributed by atoms with E-state index in [0.29, 0.717) is 24.6 Å². The van der Waals surface area contributed by atoms with Gasteiger partial charge in [0.15, 0.2) is 5.13 Å². The van der Waals surface area contributed by atoms with Crippen LogP contribution in [0.3, 0.4) is 0 Å². The van der Waals surface area contributed by atoms with Crippen LogP contribution >= 0.6 is 11.3 Å². The molecule has 5 heteroatoms. The molecule has 2 aromatic carbocycles. The number of thiazole rings is 1. The Morgan fingerprint density at radius 1 is 1.17 bits per heavy atom. The summed E-state index contributed by atoms with van der Waals surface area (Å²) in [7, 11) is 0. The summed E-state index contributed by atoms with van der Waals surface area (Å²) in [6, 6.07) is 15.7. The van der Waals surface area contributed by atoms with Crippen LogP contribution in [0, 0.1) is 6.92 Å². The molecule has 3 aromatic rings. The molecular weight excluding hydrogens is 308 g/mol.